The molecule has 0 bridgehead atoms. The van der Waals surface area contributed by atoms with Gasteiger partial charge in [-0.3, -0.25) is 14.5 Å². The first-order chi connectivity index (χ1) is 15.3. The molecule has 2 amide bonds. The molecule has 3 rings (SSSR count). The second-order valence-corrected chi connectivity index (χ2v) is 8.22. The number of nitrogens with zero attached hydrogens (tertiary/aromatic N) is 2. The van der Waals surface area contributed by atoms with Crippen molar-refractivity contribution in [3.8, 4) is 5.75 Å². The molecule has 170 valence electrons. The third-order valence-electron chi connectivity index (χ3n) is 5.47. The van der Waals surface area contributed by atoms with Gasteiger partial charge in [-0.15, -0.1) is 0 Å². The molecule has 1 saturated heterocycles. The fraction of sp³-hybridized carbons (Fsp3) is 0.348. The number of ether oxygens (including phenoxy) is 1. The van der Waals surface area contributed by atoms with E-state index in [2.05, 4.69) is 0 Å². The molecule has 0 saturated carbocycles. The predicted molar refractivity (Wildman–Crippen MR) is 118 cm³/mol. The van der Waals surface area contributed by atoms with Gasteiger partial charge in [-0.1, -0.05) is 23.7 Å². The van der Waals surface area contributed by atoms with Crippen LogP contribution in [0, 0.1) is 5.82 Å². The van der Waals surface area contributed by atoms with Crippen LogP contribution in [-0.4, -0.2) is 59.7 Å². The van der Waals surface area contributed by atoms with Gasteiger partial charge in [-0.25, -0.2) is 4.39 Å². The zero-order valence-electron chi connectivity index (χ0n) is 17.7. The predicted octanol–water partition coefficient (Wildman–Crippen LogP) is 2.19. The lowest BCUT2D eigenvalue weighted by Gasteiger charge is -2.44. The van der Waals surface area contributed by atoms with Crippen molar-refractivity contribution in [2.75, 3.05) is 19.7 Å². The number of nitrogens with two attached hydrogens (primary N) is 1. The molecular weight excluding hydrogens is 437 g/mol. The van der Waals surface area contributed by atoms with Gasteiger partial charge in [-0.05, 0) is 42.8 Å². The molecule has 2 N–H and O–H groups in total. The van der Waals surface area contributed by atoms with Gasteiger partial charge < -0.3 is 20.2 Å². The third-order valence-corrected chi connectivity index (χ3v) is 5.70. The largest absolute Gasteiger partial charge is 0.483 e. The van der Waals surface area contributed by atoms with Crippen LogP contribution >= 0.6 is 11.6 Å². The van der Waals surface area contributed by atoms with E-state index in [9.17, 15) is 18.8 Å². The van der Waals surface area contributed by atoms with E-state index in [0.717, 1.165) is 11.8 Å². The molecule has 2 aromatic carbocycles. The van der Waals surface area contributed by atoms with Crippen molar-refractivity contribution in [2.24, 2.45) is 5.73 Å². The number of hydrogen-bond donors (Lipinski definition) is 1. The summed E-state index contributed by atoms with van der Waals surface area (Å²) in [6.07, 6.45) is 0.854. The van der Waals surface area contributed by atoms with Crippen molar-refractivity contribution in [3.63, 3.8) is 0 Å². The highest BCUT2D eigenvalue weighted by Crippen LogP contribution is 2.24. The minimum Gasteiger partial charge on any atom is -0.483 e. The molecule has 0 aromatic heterocycles. The monoisotopic (exact) mass is 461 g/mol. The average molecular weight is 462 g/mol. The van der Waals surface area contributed by atoms with E-state index in [1.165, 1.54) is 12.1 Å². The summed E-state index contributed by atoms with van der Waals surface area (Å²) in [6.45, 7) is 2.60. The number of carbonyl (C=O) groups is 3. The van der Waals surface area contributed by atoms with Crippen molar-refractivity contribution in [1.29, 1.82) is 0 Å². The number of carbonyl (C=O) groups excluding carboxylic acids is 3. The van der Waals surface area contributed by atoms with E-state index in [-0.39, 0.29) is 37.3 Å². The minimum atomic E-state index is -0.679. The lowest BCUT2D eigenvalue weighted by Crippen LogP contribution is -2.62. The normalized spacial score (nSPS) is 18.9. The summed E-state index contributed by atoms with van der Waals surface area (Å²) in [6, 6.07) is 10.0. The van der Waals surface area contributed by atoms with Crippen molar-refractivity contribution < 1.29 is 23.5 Å². The molecule has 1 aliphatic rings. The lowest BCUT2D eigenvalue weighted by atomic mass is 10.0. The number of primary amides is 1. The van der Waals surface area contributed by atoms with Crippen LogP contribution in [-0.2, 0) is 27.3 Å². The van der Waals surface area contributed by atoms with Crippen LogP contribution in [0.25, 0.3) is 0 Å². The Balaban J connectivity index is 1.67. The molecular formula is C23H25ClFN3O4. The van der Waals surface area contributed by atoms with E-state index in [1.54, 1.807) is 35.2 Å². The fourth-order valence-electron chi connectivity index (χ4n) is 3.82. The first-order valence-corrected chi connectivity index (χ1v) is 10.6. The Bertz CT molecular complexity index is 986. The van der Waals surface area contributed by atoms with E-state index in [0.29, 0.717) is 29.4 Å². The number of halogens is 2. The second kappa shape index (κ2) is 10.6. The van der Waals surface area contributed by atoms with Crippen LogP contribution in [0.15, 0.2) is 42.5 Å². The van der Waals surface area contributed by atoms with E-state index in [4.69, 9.17) is 22.1 Å². The number of hydrogen-bond acceptors (Lipinski definition) is 5. The summed E-state index contributed by atoms with van der Waals surface area (Å²) >= 11 is 5.97. The van der Waals surface area contributed by atoms with Crippen LogP contribution in [0.3, 0.4) is 0 Å². The molecule has 1 aliphatic heterocycles. The van der Waals surface area contributed by atoms with Gasteiger partial charge in [-0.2, -0.15) is 0 Å². The number of aldehydes is 1. The molecule has 9 heteroatoms. The zero-order valence-corrected chi connectivity index (χ0v) is 18.4. The van der Waals surface area contributed by atoms with Crippen molar-refractivity contribution in [3.05, 3.63) is 64.4 Å². The van der Waals surface area contributed by atoms with Crippen LogP contribution in [0.2, 0.25) is 5.02 Å². The molecule has 0 aliphatic carbocycles. The summed E-state index contributed by atoms with van der Waals surface area (Å²) in [7, 11) is 0. The number of amides is 2. The molecule has 0 spiro atoms. The topological polar surface area (TPSA) is 92.9 Å². The Hall–Kier alpha value is -2.97. The van der Waals surface area contributed by atoms with Gasteiger partial charge in [0.2, 0.25) is 5.91 Å². The Kier molecular flexibility index (Phi) is 7.82. The molecule has 32 heavy (non-hydrogen) atoms. The van der Waals surface area contributed by atoms with Gasteiger partial charge in [0.05, 0.1) is 0 Å². The van der Waals surface area contributed by atoms with E-state index >= 15 is 0 Å². The molecule has 0 radical (unpaired) electrons. The van der Waals surface area contributed by atoms with Crippen LogP contribution in [0.1, 0.15) is 18.1 Å². The Morgan fingerprint density at radius 2 is 1.94 bits per heavy atom. The molecule has 2 atom stereocenters. The van der Waals surface area contributed by atoms with Gasteiger partial charge in [0, 0.05) is 42.7 Å². The SMILES string of the molecule is C[C@@H]1CN(Cc2ccc(F)cc2)[C@H](C(N)=O)CN1C(=O)COc1ccc(Cl)cc1CC=O. The molecule has 7 nitrogen and oxygen atoms in total. The summed E-state index contributed by atoms with van der Waals surface area (Å²) in [5, 5.41) is 0.468. The number of rotatable bonds is 8. The molecule has 1 heterocycles. The van der Waals surface area contributed by atoms with Gasteiger partial charge in [0.25, 0.3) is 5.91 Å². The molecule has 0 unspecified atom stereocenters. The Morgan fingerprint density at radius 3 is 2.59 bits per heavy atom. The Labute approximate surface area is 190 Å². The molecule has 2 aromatic rings. The van der Waals surface area contributed by atoms with Gasteiger partial charge >= 0.3 is 0 Å². The third kappa shape index (κ3) is 5.83. The van der Waals surface area contributed by atoms with Crippen molar-refractivity contribution in [2.45, 2.75) is 32.0 Å². The highest BCUT2D eigenvalue weighted by Gasteiger charge is 2.37. The molecule has 1 fully saturated rings. The van der Waals surface area contributed by atoms with E-state index < -0.39 is 11.9 Å². The van der Waals surface area contributed by atoms with Gasteiger partial charge in [0.15, 0.2) is 6.61 Å². The first-order valence-electron chi connectivity index (χ1n) is 10.2. The standard InChI is InChI=1S/C23H25ClFN3O4/c1-15-11-27(12-16-2-5-19(25)6-3-16)20(23(26)31)13-28(15)22(30)14-32-21-7-4-18(24)10-17(21)8-9-29/h2-7,9-10,15,20H,8,11-14H2,1H3,(H2,26,31)/t15-,20+/m1/s1. The quantitative estimate of drug-likeness (QED) is 0.608. The van der Waals surface area contributed by atoms with Crippen LogP contribution in [0.5, 0.6) is 5.75 Å². The minimum absolute atomic E-state index is 0.117. The highest BCUT2D eigenvalue weighted by atomic mass is 35.5. The zero-order chi connectivity index (χ0) is 23.3. The fourth-order valence-corrected chi connectivity index (χ4v) is 4.02. The smallest absolute Gasteiger partial charge is 0.260 e. The second-order valence-electron chi connectivity index (χ2n) is 7.78. The van der Waals surface area contributed by atoms with Crippen LogP contribution < -0.4 is 10.5 Å². The maximum Gasteiger partial charge on any atom is 0.260 e. The maximum absolute atomic E-state index is 13.2. The lowest BCUT2D eigenvalue weighted by molar-refractivity contribution is -0.142. The summed E-state index contributed by atoms with van der Waals surface area (Å²) in [5.74, 6) is -0.759. The van der Waals surface area contributed by atoms with Crippen molar-refractivity contribution in [1.82, 2.24) is 9.80 Å². The number of piperazine rings is 1. The summed E-state index contributed by atoms with van der Waals surface area (Å²) < 4.78 is 18.9. The summed E-state index contributed by atoms with van der Waals surface area (Å²) in [4.78, 5) is 39.4. The van der Waals surface area contributed by atoms with E-state index in [1.807, 2.05) is 11.8 Å². The average Bonchev–Trinajstić information content (AvgIpc) is 2.74. The van der Waals surface area contributed by atoms with Crippen molar-refractivity contribution >= 4 is 29.7 Å². The number of benzene rings is 2. The maximum atomic E-state index is 13.2. The highest BCUT2D eigenvalue weighted by molar-refractivity contribution is 6.30. The summed E-state index contributed by atoms with van der Waals surface area (Å²) in [5.41, 5.74) is 7.06. The Morgan fingerprint density at radius 1 is 1.22 bits per heavy atom. The van der Waals surface area contributed by atoms with Gasteiger partial charge in [0.1, 0.15) is 23.9 Å². The van der Waals surface area contributed by atoms with Crippen LogP contribution in [0.4, 0.5) is 4.39 Å². The first kappa shape index (κ1) is 23.7.